The second-order valence-corrected chi connectivity index (χ2v) is 4.31. The molecule has 3 rings (SSSR count). The largest absolute Gasteiger partial charge is 0.323 e. The Kier molecular flexibility index (Phi) is 3.60. The van der Waals surface area contributed by atoms with E-state index in [1.807, 2.05) is 48.5 Å². The number of benzene rings is 1. The van der Waals surface area contributed by atoms with Gasteiger partial charge in [0.2, 0.25) is 0 Å². The number of nitrogens with one attached hydrogen (secondary N) is 2. The molecule has 0 saturated carbocycles. The van der Waals surface area contributed by atoms with Gasteiger partial charge in [-0.1, -0.05) is 24.3 Å². The SMILES string of the molecule is O=C(Nc1ccccc1)Nc1cnn(-c2ccccn2)c1. The van der Waals surface area contributed by atoms with Gasteiger partial charge in [0, 0.05) is 11.9 Å². The molecule has 2 N–H and O–H groups in total. The van der Waals surface area contributed by atoms with Crippen molar-refractivity contribution in [2.45, 2.75) is 0 Å². The van der Waals surface area contributed by atoms with Crippen LogP contribution in [0.2, 0.25) is 0 Å². The lowest BCUT2D eigenvalue weighted by Crippen LogP contribution is -2.18. The van der Waals surface area contributed by atoms with Crippen molar-refractivity contribution in [1.82, 2.24) is 14.8 Å². The normalized spacial score (nSPS) is 10.1. The standard InChI is InChI=1S/C15H13N5O/c21-15(18-12-6-2-1-3-7-12)19-13-10-17-20(11-13)14-8-4-5-9-16-14/h1-11H,(H2,18,19,21). The highest BCUT2D eigenvalue weighted by atomic mass is 16.2. The third kappa shape index (κ3) is 3.24. The van der Waals surface area contributed by atoms with E-state index in [4.69, 9.17) is 0 Å². The molecule has 2 heterocycles. The van der Waals surface area contributed by atoms with Crippen molar-refractivity contribution in [2.75, 3.05) is 10.6 Å². The molecule has 0 unspecified atom stereocenters. The zero-order chi connectivity index (χ0) is 14.5. The molecule has 0 aliphatic carbocycles. The molecule has 0 saturated heterocycles. The van der Waals surface area contributed by atoms with E-state index in [9.17, 15) is 4.79 Å². The number of hydrogen-bond acceptors (Lipinski definition) is 3. The smallest absolute Gasteiger partial charge is 0.308 e. The fourth-order valence-corrected chi connectivity index (χ4v) is 1.82. The third-order valence-corrected chi connectivity index (χ3v) is 2.76. The molecule has 0 bridgehead atoms. The van der Waals surface area contributed by atoms with Crippen LogP contribution >= 0.6 is 0 Å². The molecular weight excluding hydrogens is 266 g/mol. The van der Waals surface area contributed by atoms with Crippen LogP contribution in [0.5, 0.6) is 0 Å². The highest BCUT2D eigenvalue weighted by Gasteiger charge is 2.05. The fraction of sp³-hybridized carbons (Fsp3) is 0. The van der Waals surface area contributed by atoms with Crippen LogP contribution in [0.4, 0.5) is 16.2 Å². The van der Waals surface area contributed by atoms with Gasteiger partial charge in [-0.15, -0.1) is 0 Å². The molecule has 6 heteroatoms. The lowest BCUT2D eigenvalue weighted by atomic mass is 10.3. The number of pyridine rings is 1. The first kappa shape index (κ1) is 12.9. The Hall–Kier alpha value is -3.15. The molecule has 21 heavy (non-hydrogen) atoms. The summed E-state index contributed by atoms with van der Waals surface area (Å²) < 4.78 is 1.60. The molecule has 2 amide bonds. The molecule has 0 aliphatic heterocycles. The number of amides is 2. The minimum absolute atomic E-state index is 0.318. The van der Waals surface area contributed by atoms with Crippen LogP contribution in [0.3, 0.4) is 0 Å². The maximum atomic E-state index is 11.9. The number of carbonyl (C=O) groups is 1. The minimum Gasteiger partial charge on any atom is -0.308 e. The van der Waals surface area contributed by atoms with Gasteiger partial charge < -0.3 is 10.6 Å². The van der Waals surface area contributed by atoms with E-state index in [-0.39, 0.29) is 6.03 Å². The Labute approximate surface area is 121 Å². The van der Waals surface area contributed by atoms with Gasteiger partial charge in [0.05, 0.1) is 18.1 Å². The van der Waals surface area contributed by atoms with E-state index in [2.05, 4.69) is 20.7 Å². The van der Waals surface area contributed by atoms with Gasteiger partial charge in [-0.2, -0.15) is 5.10 Å². The zero-order valence-electron chi connectivity index (χ0n) is 11.1. The van der Waals surface area contributed by atoms with Gasteiger partial charge >= 0.3 is 6.03 Å². The van der Waals surface area contributed by atoms with Crippen molar-refractivity contribution in [3.05, 3.63) is 67.1 Å². The van der Waals surface area contributed by atoms with E-state index in [0.717, 1.165) is 5.69 Å². The van der Waals surface area contributed by atoms with Gasteiger partial charge in [-0.25, -0.2) is 14.5 Å². The molecule has 0 atom stereocenters. The average Bonchev–Trinajstić information content (AvgIpc) is 2.97. The summed E-state index contributed by atoms with van der Waals surface area (Å²) in [5.41, 5.74) is 1.32. The highest BCUT2D eigenvalue weighted by Crippen LogP contribution is 2.11. The van der Waals surface area contributed by atoms with Crippen LogP contribution in [0.15, 0.2) is 67.1 Å². The topological polar surface area (TPSA) is 71.8 Å². The number of anilines is 2. The number of carbonyl (C=O) groups excluding carboxylic acids is 1. The Morgan fingerprint density at radius 1 is 0.952 bits per heavy atom. The first-order valence-electron chi connectivity index (χ1n) is 6.40. The van der Waals surface area contributed by atoms with E-state index in [1.165, 1.54) is 0 Å². The first-order chi connectivity index (χ1) is 10.3. The molecular formula is C15H13N5O. The first-order valence-corrected chi connectivity index (χ1v) is 6.40. The number of aromatic nitrogens is 3. The Balaban J connectivity index is 1.66. The minimum atomic E-state index is -0.318. The molecule has 0 radical (unpaired) electrons. The Morgan fingerprint density at radius 3 is 2.48 bits per heavy atom. The molecule has 104 valence electrons. The Bertz CT molecular complexity index is 724. The number of hydrogen-bond donors (Lipinski definition) is 2. The lowest BCUT2D eigenvalue weighted by molar-refractivity contribution is 0.262. The van der Waals surface area contributed by atoms with E-state index < -0.39 is 0 Å². The zero-order valence-corrected chi connectivity index (χ0v) is 11.1. The van der Waals surface area contributed by atoms with Crippen LogP contribution in [-0.2, 0) is 0 Å². The van der Waals surface area contributed by atoms with E-state index in [1.54, 1.807) is 23.3 Å². The predicted molar refractivity (Wildman–Crippen MR) is 80.4 cm³/mol. The van der Waals surface area contributed by atoms with Gasteiger partial charge in [-0.3, -0.25) is 0 Å². The Morgan fingerprint density at radius 2 is 1.71 bits per heavy atom. The van der Waals surface area contributed by atoms with Crippen molar-refractivity contribution in [2.24, 2.45) is 0 Å². The summed E-state index contributed by atoms with van der Waals surface area (Å²) >= 11 is 0. The van der Waals surface area contributed by atoms with Crippen molar-refractivity contribution in [3.63, 3.8) is 0 Å². The highest BCUT2D eigenvalue weighted by molar-refractivity contribution is 5.99. The third-order valence-electron chi connectivity index (χ3n) is 2.76. The van der Waals surface area contributed by atoms with Gasteiger partial charge in [0.25, 0.3) is 0 Å². The predicted octanol–water partition coefficient (Wildman–Crippen LogP) is 2.91. The number of urea groups is 1. The second kappa shape index (κ2) is 5.87. The molecule has 0 fully saturated rings. The molecule has 0 spiro atoms. The van der Waals surface area contributed by atoms with Crippen LogP contribution < -0.4 is 10.6 Å². The van der Waals surface area contributed by atoms with Crippen LogP contribution in [0, 0.1) is 0 Å². The summed E-state index contributed by atoms with van der Waals surface area (Å²) in [5, 5.41) is 9.61. The van der Waals surface area contributed by atoms with E-state index >= 15 is 0 Å². The lowest BCUT2D eigenvalue weighted by Gasteiger charge is -2.05. The van der Waals surface area contributed by atoms with Gasteiger partial charge in [0.15, 0.2) is 5.82 Å². The number of rotatable bonds is 3. The van der Waals surface area contributed by atoms with Crippen LogP contribution in [0.1, 0.15) is 0 Å². The quantitative estimate of drug-likeness (QED) is 0.774. The fourth-order valence-electron chi connectivity index (χ4n) is 1.82. The number of nitrogens with zero attached hydrogens (tertiary/aromatic N) is 3. The molecule has 3 aromatic rings. The maximum absolute atomic E-state index is 11.9. The molecule has 1 aromatic carbocycles. The molecule has 2 aromatic heterocycles. The van der Waals surface area contributed by atoms with Crippen molar-refractivity contribution in [3.8, 4) is 5.82 Å². The number of para-hydroxylation sites is 1. The molecule has 6 nitrogen and oxygen atoms in total. The monoisotopic (exact) mass is 279 g/mol. The van der Waals surface area contributed by atoms with E-state index in [0.29, 0.717) is 11.5 Å². The summed E-state index contributed by atoms with van der Waals surface area (Å²) in [6.45, 7) is 0. The average molecular weight is 279 g/mol. The summed E-state index contributed by atoms with van der Waals surface area (Å²) in [5.74, 6) is 0.689. The summed E-state index contributed by atoms with van der Waals surface area (Å²) in [6, 6.07) is 14.5. The van der Waals surface area contributed by atoms with Crippen LogP contribution in [-0.4, -0.2) is 20.8 Å². The summed E-state index contributed by atoms with van der Waals surface area (Å²) in [7, 11) is 0. The maximum Gasteiger partial charge on any atom is 0.323 e. The molecule has 0 aliphatic rings. The second-order valence-electron chi connectivity index (χ2n) is 4.31. The van der Waals surface area contributed by atoms with Gasteiger partial charge in [0.1, 0.15) is 0 Å². The van der Waals surface area contributed by atoms with Crippen molar-refractivity contribution >= 4 is 17.4 Å². The van der Waals surface area contributed by atoms with Crippen molar-refractivity contribution in [1.29, 1.82) is 0 Å². The summed E-state index contributed by atoms with van der Waals surface area (Å²) in [6.07, 6.45) is 4.96. The summed E-state index contributed by atoms with van der Waals surface area (Å²) in [4.78, 5) is 16.0. The van der Waals surface area contributed by atoms with Crippen molar-refractivity contribution < 1.29 is 4.79 Å². The van der Waals surface area contributed by atoms with Gasteiger partial charge in [-0.05, 0) is 24.3 Å². The van der Waals surface area contributed by atoms with Crippen LogP contribution in [0.25, 0.3) is 5.82 Å².